The number of hydrogen-bond donors (Lipinski definition) is 3. The van der Waals surface area contributed by atoms with Crippen molar-refractivity contribution in [1.29, 1.82) is 0 Å². The van der Waals surface area contributed by atoms with Crippen LogP contribution in [0.1, 0.15) is 20.3 Å². The molecule has 4 N–H and O–H groups in total. The van der Waals surface area contributed by atoms with E-state index >= 15 is 0 Å². The van der Waals surface area contributed by atoms with Crippen LogP contribution in [0.25, 0.3) is 11.0 Å². The lowest BCUT2D eigenvalue weighted by molar-refractivity contribution is 0.763. The van der Waals surface area contributed by atoms with Gasteiger partial charge >= 0.3 is 0 Å². The van der Waals surface area contributed by atoms with E-state index in [1.807, 2.05) is 30.0 Å². The van der Waals surface area contributed by atoms with Crippen molar-refractivity contribution in [2.24, 2.45) is 0 Å². The van der Waals surface area contributed by atoms with Crippen molar-refractivity contribution in [2.45, 2.75) is 26.3 Å². The lowest BCUT2D eigenvalue weighted by Gasteiger charge is -2.11. The fourth-order valence-electron chi connectivity index (χ4n) is 1.81. The molecule has 0 aliphatic rings. The lowest BCUT2D eigenvalue weighted by atomic mass is 10.3. The van der Waals surface area contributed by atoms with Gasteiger partial charge in [-0.3, -0.25) is 0 Å². The highest BCUT2D eigenvalue weighted by Crippen LogP contribution is 2.18. The summed E-state index contributed by atoms with van der Waals surface area (Å²) in [7, 11) is 0. The maximum atomic E-state index is 5.74. The minimum Gasteiger partial charge on any atom is -0.399 e. The molecule has 5 heteroatoms. The van der Waals surface area contributed by atoms with E-state index in [9.17, 15) is 0 Å². The van der Waals surface area contributed by atoms with E-state index < -0.39 is 0 Å². The van der Waals surface area contributed by atoms with Crippen molar-refractivity contribution in [2.75, 3.05) is 22.6 Å². The number of nitrogens with two attached hydrogens (primary N) is 1. The molecule has 2 aromatic rings. The van der Waals surface area contributed by atoms with Crippen LogP contribution in [0.15, 0.2) is 18.2 Å². The minimum atomic E-state index is 0.418. The van der Waals surface area contributed by atoms with E-state index in [4.69, 9.17) is 5.73 Å². The third-order valence-electron chi connectivity index (χ3n) is 2.79. The third-order valence-corrected chi connectivity index (χ3v) is 3.72. The first-order chi connectivity index (χ1) is 8.69. The van der Waals surface area contributed by atoms with Crippen LogP contribution in [0.4, 0.5) is 11.6 Å². The summed E-state index contributed by atoms with van der Waals surface area (Å²) >= 11 is 1.97. The van der Waals surface area contributed by atoms with Gasteiger partial charge in [-0.05, 0) is 43.0 Å². The Bertz CT molecular complexity index is 509. The van der Waals surface area contributed by atoms with Crippen LogP contribution in [0, 0.1) is 0 Å². The smallest absolute Gasteiger partial charge is 0.201 e. The second-order valence-corrected chi connectivity index (χ2v) is 5.79. The van der Waals surface area contributed by atoms with E-state index in [0.717, 1.165) is 29.1 Å². The maximum absolute atomic E-state index is 5.74. The predicted octanol–water partition coefficient (Wildman–Crippen LogP) is 3.09. The quantitative estimate of drug-likeness (QED) is 0.554. The second kappa shape index (κ2) is 6.00. The number of nitrogens with one attached hydrogen (secondary N) is 2. The number of fused-ring (bicyclic) bond motifs is 1. The number of benzene rings is 1. The van der Waals surface area contributed by atoms with Gasteiger partial charge in [0.1, 0.15) is 0 Å². The summed E-state index contributed by atoms with van der Waals surface area (Å²) in [5.74, 6) is 3.18. The minimum absolute atomic E-state index is 0.418. The highest BCUT2D eigenvalue weighted by Gasteiger charge is 2.06. The molecule has 0 radical (unpaired) electrons. The summed E-state index contributed by atoms with van der Waals surface area (Å²) in [5, 5.41) is 3.39. The van der Waals surface area contributed by atoms with Gasteiger partial charge in [0, 0.05) is 11.7 Å². The number of rotatable bonds is 6. The van der Waals surface area contributed by atoms with E-state index in [1.165, 1.54) is 11.5 Å². The Kier molecular flexibility index (Phi) is 4.36. The molecule has 0 amide bonds. The molecular formula is C13H20N4S. The molecule has 1 aromatic heterocycles. The topological polar surface area (TPSA) is 66.7 Å². The maximum Gasteiger partial charge on any atom is 0.201 e. The molecule has 18 heavy (non-hydrogen) atoms. The van der Waals surface area contributed by atoms with Gasteiger partial charge in [-0.2, -0.15) is 11.8 Å². The zero-order valence-corrected chi connectivity index (χ0v) is 11.7. The van der Waals surface area contributed by atoms with Crippen LogP contribution in [0.2, 0.25) is 0 Å². The number of H-pyrrole nitrogens is 1. The standard InChI is InChI=1S/C13H20N4S/c1-3-18-7-6-9(2)15-13-16-11-5-4-10(14)8-12(11)17-13/h4-5,8-9H,3,6-7,14H2,1-2H3,(H2,15,16,17). The first kappa shape index (κ1) is 13.1. The Morgan fingerprint density at radius 1 is 1.50 bits per heavy atom. The van der Waals surface area contributed by atoms with Crippen LogP contribution in [-0.4, -0.2) is 27.5 Å². The number of imidazole rings is 1. The average Bonchev–Trinajstić information content (AvgIpc) is 2.70. The molecule has 98 valence electrons. The van der Waals surface area contributed by atoms with Gasteiger partial charge in [0.25, 0.3) is 0 Å². The molecule has 2 rings (SSSR count). The molecule has 0 fully saturated rings. The number of anilines is 2. The summed E-state index contributed by atoms with van der Waals surface area (Å²) < 4.78 is 0. The van der Waals surface area contributed by atoms with Crippen LogP contribution in [0.3, 0.4) is 0 Å². The van der Waals surface area contributed by atoms with Gasteiger partial charge in [0.2, 0.25) is 5.95 Å². The van der Waals surface area contributed by atoms with Crippen molar-refractivity contribution < 1.29 is 0 Å². The molecular weight excluding hydrogens is 244 g/mol. The molecule has 1 unspecified atom stereocenters. The molecule has 0 saturated carbocycles. The fraction of sp³-hybridized carbons (Fsp3) is 0.462. The Morgan fingerprint density at radius 2 is 2.33 bits per heavy atom. The number of hydrogen-bond acceptors (Lipinski definition) is 4. The predicted molar refractivity (Wildman–Crippen MR) is 81.2 cm³/mol. The molecule has 0 aliphatic carbocycles. The van der Waals surface area contributed by atoms with Crippen LogP contribution < -0.4 is 11.1 Å². The van der Waals surface area contributed by atoms with Crippen LogP contribution >= 0.6 is 11.8 Å². The van der Waals surface area contributed by atoms with Gasteiger partial charge in [0.15, 0.2) is 0 Å². The van der Waals surface area contributed by atoms with Crippen molar-refractivity contribution >= 4 is 34.4 Å². The largest absolute Gasteiger partial charge is 0.399 e. The fourth-order valence-corrected chi connectivity index (χ4v) is 2.61. The van der Waals surface area contributed by atoms with Crippen LogP contribution in [-0.2, 0) is 0 Å². The normalized spacial score (nSPS) is 12.8. The van der Waals surface area contributed by atoms with Crippen molar-refractivity contribution in [3.63, 3.8) is 0 Å². The Labute approximate surface area is 112 Å². The van der Waals surface area contributed by atoms with E-state index in [1.54, 1.807) is 0 Å². The first-order valence-electron chi connectivity index (χ1n) is 6.28. The van der Waals surface area contributed by atoms with Crippen LogP contribution in [0.5, 0.6) is 0 Å². The lowest BCUT2D eigenvalue weighted by Crippen LogP contribution is -2.16. The summed E-state index contributed by atoms with van der Waals surface area (Å²) in [4.78, 5) is 7.74. The summed E-state index contributed by atoms with van der Waals surface area (Å²) in [5.41, 5.74) is 8.42. The Balaban J connectivity index is 1.98. The highest BCUT2D eigenvalue weighted by molar-refractivity contribution is 7.99. The summed E-state index contributed by atoms with van der Waals surface area (Å²) in [6.45, 7) is 4.37. The molecule has 1 aromatic carbocycles. The number of aromatic nitrogens is 2. The molecule has 4 nitrogen and oxygen atoms in total. The molecule has 1 atom stereocenters. The van der Waals surface area contributed by atoms with Gasteiger partial charge in [0.05, 0.1) is 11.0 Å². The summed E-state index contributed by atoms with van der Waals surface area (Å²) in [6.07, 6.45) is 1.14. The van der Waals surface area contributed by atoms with Crippen molar-refractivity contribution in [3.8, 4) is 0 Å². The Hall–Kier alpha value is -1.36. The monoisotopic (exact) mass is 264 g/mol. The van der Waals surface area contributed by atoms with Crippen molar-refractivity contribution in [3.05, 3.63) is 18.2 Å². The van der Waals surface area contributed by atoms with Gasteiger partial charge < -0.3 is 16.0 Å². The second-order valence-electron chi connectivity index (χ2n) is 4.39. The summed E-state index contributed by atoms with van der Waals surface area (Å²) in [6, 6.07) is 6.13. The molecule has 0 saturated heterocycles. The van der Waals surface area contributed by atoms with E-state index in [0.29, 0.717) is 6.04 Å². The highest BCUT2D eigenvalue weighted by atomic mass is 32.2. The first-order valence-corrected chi connectivity index (χ1v) is 7.44. The van der Waals surface area contributed by atoms with Gasteiger partial charge in [-0.1, -0.05) is 6.92 Å². The van der Waals surface area contributed by atoms with E-state index in [2.05, 4.69) is 29.1 Å². The van der Waals surface area contributed by atoms with Gasteiger partial charge in [-0.25, -0.2) is 4.98 Å². The SMILES string of the molecule is CCSCCC(C)Nc1nc2ccc(N)cc2[nH]1. The van der Waals surface area contributed by atoms with Gasteiger partial charge in [-0.15, -0.1) is 0 Å². The number of nitrogen functional groups attached to an aromatic ring is 1. The molecule has 0 bridgehead atoms. The zero-order chi connectivity index (χ0) is 13.0. The molecule has 0 spiro atoms. The van der Waals surface area contributed by atoms with Crippen molar-refractivity contribution in [1.82, 2.24) is 9.97 Å². The third kappa shape index (κ3) is 3.32. The number of nitrogens with zero attached hydrogens (tertiary/aromatic N) is 1. The number of thioether (sulfide) groups is 1. The molecule has 0 aliphatic heterocycles. The Morgan fingerprint density at radius 3 is 3.11 bits per heavy atom. The molecule has 1 heterocycles. The average molecular weight is 264 g/mol. The zero-order valence-electron chi connectivity index (χ0n) is 10.9. The number of aromatic amines is 1. The van der Waals surface area contributed by atoms with E-state index in [-0.39, 0.29) is 0 Å².